The summed E-state index contributed by atoms with van der Waals surface area (Å²) >= 11 is 0. The SMILES string of the molecule is CC(C)CC(C)N(C)CC(O)CO. The van der Waals surface area contributed by atoms with Crippen molar-refractivity contribution >= 4 is 0 Å². The van der Waals surface area contributed by atoms with E-state index in [0.29, 0.717) is 18.5 Å². The van der Waals surface area contributed by atoms with Crippen LogP contribution in [0.2, 0.25) is 0 Å². The van der Waals surface area contributed by atoms with Gasteiger partial charge in [0.05, 0.1) is 12.7 Å². The molecule has 0 aromatic heterocycles. The van der Waals surface area contributed by atoms with Crippen molar-refractivity contribution in [1.29, 1.82) is 0 Å². The summed E-state index contributed by atoms with van der Waals surface area (Å²) in [6, 6.07) is 0.459. The fourth-order valence-electron chi connectivity index (χ4n) is 1.43. The lowest BCUT2D eigenvalue weighted by Gasteiger charge is -2.27. The van der Waals surface area contributed by atoms with Crippen LogP contribution in [0.3, 0.4) is 0 Å². The van der Waals surface area contributed by atoms with E-state index in [9.17, 15) is 5.11 Å². The summed E-state index contributed by atoms with van der Waals surface area (Å²) in [6.45, 7) is 6.91. The molecule has 0 radical (unpaired) electrons. The van der Waals surface area contributed by atoms with Crippen molar-refractivity contribution < 1.29 is 10.2 Å². The molecule has 0 rings (SSSR count). The molecule has 0 saturated heterocycles. The molecule has 3 heteroatoms. The van der Waals surface area contributed by atoms with Gasteiger partial charge in [-0.05, 0) is 26.3 Å². The molecule has 2 unspecified atom stereocenters. The molecule has 0 aliphatic rings. The molecule has 0 fully saturated rings. The third-order valence-electron chi connectivity index (χ3n) is 2.27. The Hall–Kier alpha value is -0.120. The van der Waals surface area contributed by atoms with Crippen molar-refractivity contribution in [3.05, 3.63) is 0 Å². The standard InChI is InChI=1S/C10H23NO2/c1-8(2)5-9(3)11(4)6-10(13)7-12/h8-10,12-13H,5-7H2,1-4H3. The van der Waals surface area contributed by atoms with Crippen molar-refractivity contribution in [3.8, 4) is 0 Å². The predicted octanol–water partition coefficient (Wildman–Crippen LogP) is 0.706. The average molecular weight is 189 g/mol. The normalized spacial score (nSPS) is 16.6. The lowest BCUT2D eigenvalue weighted by Crippen LogP contribution is -2.37. The first-order chi connectivity index (χ1) is 5.97. The lowest BCUT2D eigenvalue weighted by atomic mass is 10.0. The Labute approximate surface area is 81.4 Å². The molecule has 80 valence electrons. The van der Waals surface area contributed by atoms with E-state index in [-0.39, 0.29) is 6.61 Å². The van der Waals surface area contributed by atoms with Gasteiger partial charge >= 0.3 is 0 Å². The molecule has 2 N–H and O–H groups in total. The van der Waals surface area contributed by atoms with Crippen molar-refractivity contribution in [2.24, 2.45) is 5.92 Å². The highest BCUT2D eigenvalue weighted by atomic mass is 16.3. The maximum Gasteiger partial charge on any atom is 0.0897 e. The van der Waals surface area contributed by atoms with Gasteiger partial charge in [-0.2, -0.15) is 0 Å². The summed E-state index contributed by atoms with van der Waals surface area (Å²) < 4.78 is 0. The number of likely N-dealkylation sites (N-methyl/N-ethyl adjacent to an activating group) is 1. The highest BCUT2D eigenvalue weighted by molar-refractivity contribution is 4.68. The Morgan fingerprint density at radius 2 is 1.77 bits per heavy atom. The molecular formula is C10H23NO2. The van der Waals surface area contributed by atoms with Crippen LogP contribution in [0.1, 0.15) is 27.2 Å². The number of aliphatic hydroxyl groups excluding tert-OH is 2. The smallest absolute Gasteiger partial charge is 0.0897 e. The van der Waals surface area contributed by atoms with Gasteiger partial charge in [0.1, 0.15) is 0 Å². The molecule has 0 aliphatic heterocycles. The number of aliphatic hydroxyl groups is 2. The topological polar surface area (TPSA) is 43.7 Å². The molecule has 0 amide bonds. The van der Waals surface area contributed by atoms with Crippen LogP contribution in [0.4, 0.5) is 0 Å². The van der Waals surface area contributed by atoms with Gasteiger partial charge in [0, 0.05) is 12.6 Å². The maximum atomic E-state index is 9.22. The van der Waals surface area contributed by atoms with Gasteiger partial charge in [0.2, 0.25) is 0 Å². The van der Waals surface area contributed by atoms with Crippen molar-refractivity contribution in [3.63, 3.8) is 0 Å². The minimum atomic E-state index is -0.611. The van der Waals surface area contributed by atoms with Crippen molar-refractivity contribution in [2.45, 2.75) is 39.3 Å². The molecule has 0 heterocycles. The molecule has 13 heavy (non-hydrogen) atoms. The summed E-state index contributed by atoms with van der Waals surface area (Å²) in [6.07, 6.45) is 0.508. The van der Waals surface area contributed by atoms with E-state index in [1.807, 2.05) is 7.05 Å². The van der Waals surface area contributed by atoms with Gasteiger partial charge in [-0.15, -0.1) is 0 Å². The minimum absolute atomic E-state index is 0.154. The van der Waals surface area contributed by atoms with E-state index >= 15 is 0 Å². The maximum absolute atomic E-state index is 9.22. The second-order valence-electron chi connectivity index (χ2n) is 4.25. The molecule has 0 aromatic rings. The van der Waals surface area contributed by atoms with Gasteiger partial charge < -0.3 is 15.1 Å². The van der Waals surface area contributed by atoms with Gasteiger partial charge in [0.15, 0.2) is 0 Å². The quantitative estimate of drug-likeness (QED) is 0.646. The molecule has 0 saturated carbocycles. The van der Waals surface area contributed by atoms with Crippen molar-refractivity contribution in [1.82, 2.24) is 4.90 Å². The number of rotatable bonds is 6. The highest BCUT2D eigenvalue weighted by Crippen LogP contribution is 2.09. The Morgan fingerprint density at radius 1 is 1.23 bits per heavy atom. The number of nitrogens with zero attached hydrogens (tertiary/aromatic N) is 1. The Morgan fingerprint density at radius 3 is 2.15 bits per heavy atom. The second kappa shape index (κ2) is 6.35. The molecule has 0 spiro atoms. The number of hydrogen-bond acceptors (Lipinski definition) is 3. The minimum Gasteiger partial charge on any atom is -0.394 e. The highest BCUT2D eigenvalue weighted by Gasteiger charge is 2.13. The van der Waals surface area contributed by atoms with Crippen LogP contribution in [-0.2, 0) is 0 Å². The van der Waals surface area contributed by atoms with Crippen LogP contribution in [-0.4, -0.2) is 47.5 Å². The third-order valence-corrected chi connectivity index (χ3v) is 2.27. The molecule has 0 aliphatic carbocycles. The van der Waals surface area contributed by atoms with Crippen LogP contribution < -0.4 is 0 Å². The summed E-state index contributed by atoms with van der Waals surface area (Å²) in [5.41, 5.74) is 0. The van der Waals surface area contributed by atoms with Gasteiger partial charge in [-0.25, -0.2) is 0 Å². The molecule has 2 atom stereocenters. The van der Waals surface area contributed by atoms with E-state index in [2.05, 4.69) is 25.7 Å². The van der Waals surface area contributed by atoms with E-state index in [1.165, 1.54) is 0 Å². The number of hydrogen-bond donors (Lipinski definition) is 2. The lowest BCUT2D eigenvalue weighted by molar-refractivity contribution is 0.0539. The van der Waals surface area contributed by atoms with Crippen LogP contribution >= 0.6 is 0 Å². The molecular weight excluding hydrogens is 166 g/mol. The summed E-state index contributed by atoms with van der Waals surface area (Å²) in [5, 5.41) is 17.9. The third kappa shape index (κ3) is 6.02. The van der Waals surface area contributed by atoms with Crippen LogP contribution in [0.15, 0.2) is 0 Å². The van der Waals surface area contributed by atoms with E-state index in [1.54, 1.807) is 0 Å². The predicted molar refractivity (Wildman–Crippen MR) is 54.6 cm³/mol. The van der Waals surface area contributed by atoms with E-state index in [4.69, 9.17) is 5.11 Å². The average Bonchev–Trinajstić information content (AvgIpc) is 2.02. The monoisotopic (exact) mass is 189 g/mol. The Bertz CT molecular complexity index is 128. The van der Waals surface area contributed by atoms with Crippen LogP contribution in [0.25, 0.3) is 0 Å². The van der Waals surface area contributed by atoms with Gasteiger partial charge in [0.25, 0.3) is 0 Å². The first kappa shape index (κ1) is 12.9. The summed E-state index contributed by atoms with van der Waals surface area (Å²) in [5.74, 6) is 0.670. The van der Waals surface area contributed by atoms with E-state index in [0.717, 1.165) is 6.42 Å². The van der Waals surface area contributed by atoms with Gasteiger partial charge in [-0.3, -0.25) is 0 Å². The Balaban J connectivity index is 3.74. The van der Waals surface area contributed by atoms with E-state index < -0.39 is 6.10 Å². The zero-order valence-electron chi connectivity index (χ0n) is 9.20. The Kier molecular flexibility index (Phi) is 6.29. The molecule has 0 aromatic carbocycles. The summed E-state index contributed by atoms with van der Waals surface area (Å²) in [7, 11) is 1.98. The zero-order valence-corrected chi connectivity index (χ0v) is 9.20. The van der Waals surface area contributed by atoms with Crippen molar-refractivity contribution in [2.75, 3.05) is 20.2 Å². The molecule has 3 nitrogen and oxygen atoms in total. The first-order valence-corrected chi connectivity index (χ1v) is 4.96. The second-order valence-corrected chi connectivity index (χ2v) is 4.25. The molecule has 0 bridgehead atoms. The zero-order chi connectivity index (χ0) is 10.4. The summed E-state index contributed by atoms with van der Waals surface area (Å²) in [4.78, 5) is 2.08. The van der Waals surface area contributed by atoms with Crippen LogP contribution in [0.5, 0.6) is 0 Å². The van der Waals surface area contributed by atoms with Crippen LogP contribution in [0, 0.1) is 5.92 Å². The fraction of sp³-hybridized carbons (Fsp3) is 1.00. The largest absolute Gasteiger partial charge is 0.394 e. The fourth-order valence-corrected chi connectivity index (χ4v) is 1.43. The first-order valence-electron chi connectivity index (χ1n) is 4.96. The van der Waals surface area contributed by atoms with Gasteiger partial charge in [-0.1, -0.05) is 13.8 Å².